The molecule has 0 N–H and O–H groups in total. The lowest BCUT2D eigenvalue weighted by atomic mass is 9.96. The third kappa shape index (κ3) is 1.58. The van der Waals surface area contributed by atoms with E-state index in [0.717, 1.165) is 12.8 Å². The maximum absolute atomic E-state index is 11.1. The van der Waals surface area contributed by atoms with E-state index >= 15 is 0 Å². The lowest BCUT2D eigenvalue weighted by Crippen LogP contribution is -2.35. The van der Waals surface area contributed by atoms with Gasteiger partial charge in [-0.2, -0.15) is 0 Å². The van der Waals surface area contributed by atoms with Crippen LogP contribution in [0.15, 0.2) is 0 Å². The fraction of sp³-hybridized carbons (Fsp3) is 0.857. The van der Waals surface area contributed by atoms with Gasteiger partial charge in [0.25, 0.3) is 0 Å². The first kappa shape index (κ1) is 8.21. The number of hydrogen-bond donors (Lipinski definition) is 0. The van der Waals surface area contributed by atoms with Crippen LogP contribution in [0.4, 0.5) is 0 Å². The summed E-state index contributed by atoms with van der Waals surface area (Å²) in [6, 6.07) is 0. The van der Waals surface area contributed by atoms with Gasteiger partial charge >= 0.3 is 0 Å². The minimum absolute atomic E-state index is 0.200. The molecule has 2 atom stereocenters. The van der Waals surface area contributed by atoms with Crippen LogP contribution in [0, 0.1) is 0 Å². The first-order valence-electron chi connectivity index (χ1n) is 3.45. The number of hydrogen-bond acceptors (Lipinski definition) is 2. The van der Waals surface area contributed by atoms with E-state index in [0.29, 0.717) is 6.42 Å². The Balaban J connectivity index is 2.53. The maximum atomic E-state index is 11.1. The van der Waals surface area contributed by atoms with Crippen molar-refractivity contribution >= 4 is 21.7 Å². The van der Waals surface area contributed by atoms with Gasteiger partial charge in [-0.1, -0.05) is 15.9 Å². The number of halogens is 1. The van der Waals surface area contributed by atoms with E-state index in [-0.39, 0.29) is 16.7 Å². The van der Waals surface area contributed by atoms with Gasteiger partial charge in [0.2, 0.25) is 0 Å². The summed E-state index contributed by atoms with van der Waals surface area (Å²) in [5.74, 6) is 0.232. The van der Waals surface area contributed by atoms with E-state index in [1.54, 1.807) is 7.11 Å². The van der Waals surface area contributed by atoms with Gasteiger partial charge in [-0.05, 0) is 12.8 Å². The van der Waals surface area contributed by atoms with Crippen LogP contribution in [0.25, 0.3) is 0 Å². The van der Waals surface area contributed by atoms with Crippen LogP contribution in [0.5, 0.6) is 0 Å². The van der Waals surface area contributed by atoms with Crippen LogP contribution in [0.1, 0.15) is 19.3 Å². The topological polar surface area (TPSA) is 26.3 Å². The normalized spacial score (nSPS) is 34.4. The molecule has 2 nitrogen and oxygen atoms in total. The van der Waals surface area contributed by atoms with Gasteiger partial charge in [0.1, 0.15) is 6.10 Å². The molecule has 0 bridgehead atoms. The van der Waals surface area contributed by atoms with Crippen molar-refractivity contribution in [3.63, 3.8) is 0 Å². The smallest absolute Gasteiger partial charge is 0.162 e. The average Bonchev–Trinajstić information content (AvgIpc) is 1.88. The number of Topliss-reactive ketones (excluding diaryl/α,β-unsaturated/α-hetero) is 1. The highest BCUT2D eigenvalue weighted by molar-refractivity contribution is 9.09. The first-order valence-corrected chi connectivity index (χ1v) is 4.37. The Morgan fingerprint density at radius 3 is 2.80 bits per heavy atom. The van der Waals surface area contributed by atoms with Gasteiger partial charge in [0, 0.05) is 18.4 Å². The number of rotatable bonds is 1. The molecule has 0 aromatic carbocycles. The van der Waals surface area contributed by atoms with Crippen LogP contribution in [-0.2, 0) is 9.53 Å². The molecule has 0 aromatic heterocycles. The van der Waals surface area contributed by atoms with Gasteiger partial charge in [0.05, 0.1) is 0 Å². The van der Waals surface area contributed by atoms with E-state index in [4.69, 9.17) is 4.74 Å². The molecule has 0 spiro atoms. The molecule has 1 aliphatic carbocycles. The molecule has 1 rings (SSSR count). The van der Waals surface area contributed by atoms with Crippen LogP contribution >= 0.6 is 15.9 Å². The van der Waals surface area contributed by atoms with Crippen molar-refractivity contribution in [2.24, 2.45) is 0 Å². The largest absolute Gasteiger partial charge is 0.373 e. The van der Waals surface area contributed by atoms with Crippen LogP contribution in [-0.4, -0.2) is 23.8 Å². The Labute approximate surface area is 69.1 Å². The monoisotopic (exact) mass is 206 g/mol. The number of carbonyl (C=O) groups is 1. The molecule has 0 radical (unpaired) electrons. The van der Waals surface area contributed by atoms with E-state index in [1.807, 2.05) is 0 Å². The van der Waals surface area contributed by atoms with E-state index < -0.39 is 0 Å². The average molecular weight is 207 g/mol. The highest BCUT2D eigenvalue weighted by atomic mass is 79.9. The van der Waals surface area contributed by atoms with Crippen LogP contribution < -0.4 is 0 Å². The zero-order chi connectivity index (χ0) is 7.56. The number of carbonyl (C=O) groups excluding carboxylic acids is 1. The standard InChI is InChI=1S/C7H11BrO2/c1-10-7-5(8)3-2-4-6(7)9/h5,7H,2-4H2,1H3. The van der Waals surface area contributed by atoms with Crippen molar-refractivity contribution in [2.75, 3.05) is 7.11 Å². The van der Waals surface area contributed by atoms with Crippen LogP contribution in [0.2, 0.25) is 0 Å². The molecule has 0 heterocycles. The quantitative estimate of drug-likeness (QED) is 0.609. The minimum atomic E-state index is -0.200. The summed E-state index contributed by atoms with van der Waals surface area (Å²) in [7, 11) is 1.59. The molecule has 0 aliphatic heterocycles. The summed E-state index contributed by atoms with van der Waals surface area (Å²) in [5.41, 5.74) is 0. The van der Waals surface area contributed by atoms with Gasteiger partial charge in [-0.25, -0.2) is 0 Å². The predicted octanol–water partition coefficient (Wildman–Crippen LogP) is 1.52. The molecule has 58 valence electrons. The Hall–Kier alpha value is 0.110. The Kier molecular flexibility index (Phi) is 2.86. The van der Waals surface area contributed by atoms with E-state index in [9.17, 15) is 4.79 Å². The molecule has 1 aliphatic rings. The van der Waals surface area contributed by atoms with Gasteiger partial charge < -0.3 is 4.74 Å². The Bertz CT molecular complexity index is 136. The highest BCUT2D eigenvalue weighted by Crippen LogP contribution is 2.23. The molecular weight excluding hydrogens is 196 g/mol. The second-order valence-electron chi connectivity index (χ2n) is 2.53. The van der Waals surface area contributed by atoms with E-state index in [2.05, 4.69) is 15.9 Å². The van der Waals surface area contributed by atoms with Gasteiger partial charge in [0.15, 0.2) is 5.78 Å². The molecule has 0 amide bonds. The summed E-state index contributed by atoms with van der Waals surface area (Å²) in [5, 5.41) is 0. The number of methoxy groups -OCH3 is 1. The number of ketones is 1. The summed E-state index contributed by atoms with van der Waals surface area (Å²) < 4.78 is 5.02. The fourth-order valence-corrected chi connectivity index (χ4v) is 2.08. The summed E-state index contributed by atoms with van der Waals surface area (Å²) >= 11 is 3.41. The lowest BCUT2D eigenvalue weighted by molar-refractivity contribution is -0.130. The molecule has 2 unspecified atom stereocenters. The zero-order valence-corrected chi connectivity index (χ0v) is 7.56. The van der Waals surface area contributed by atoms with Crippen molar-refractivity contribution in [1.82, 2.24) is 0 Å². The maximum Gasteiger partial charge on any atom is 0.162 e. The molecule has 3 heteroatoms. The molecule has 1 fully saturated rings. The summed E-state index contributed by atoms with van der Waals surface area (Å²) in [4.78, 5) is 11.3. The highest BCUT2D eigenvalue weighted by Gasteiger charge is 2.29. The Morgan fingerprint density at radius 2 is 2.40 bits per heavy atom. The summed E-state index contributed by atoms with van der Waals surface area (Å²) in [6.45, 7) is 0. The summed E-state index contributed by atoms with van der Waals surface area (Å²) in [6.07, 6.45) is 2.52. The lowest BCUT2D eigenvalue weighted by Gasteiger charge is -2.24. The number of ether oxygens (including phenoxy) is 1. The van der Waals surface area contributed by atoms with Crippen LogP contribution in [0.3, 0.4) is 0 Å². The molecular formula is C7H11BrO2. The van der Waals surface area contributed by atoms with Crippen molar-refractivity contribution in [2.45, 2.75) is 30.2 Å². The van der Waals surface area contributed by atoms with Crippen molar-refractivity contribution in [3.8, 4) is 0 Å². The SMILES string of the molecule is COC1C(=O)CCCC1Br. The number of alkyl halides is 1. The molecule has 0 aromatic rings. The predicted molar refractivity (Wildman–Crippen MR) is 42.4 cm³/mol. The minimum Gasteiger partial charge on any atom is -0.373 e. The fourth-order valence-electron chi connectivity index (χ4n) is 1.25. The zero-order valence-electron chi connectivity index (χ0n) is 5.97. The van der Waals surface area contributed by atoms with Gasteiger partial charge in [-0.15, -0.1) is 0 Å². The molecule has 10 heavy (non-hydrogen) atoms. The third-order valence-electron chi connectivity index (χ3n) is 1.80. The first-order chi connectivity index (χ1) is 4.75. The van der Waals surface area contributed by atoms with E-state index in [1.165, 1.54) is 0 Å². The van der Waals surface area contributed by atoms with Gasteiger partial charge in [-0.3, -0.25) is 4.79 Å². The van der Waals surface area contributed by atoms with Crippen molar-refractivity contribution < 1.29 is 9.53 Å². The molecule has 1 saturated carbocycles. The van der Waals surface area contributed by atoms with Crippen molar-refractivity contribution in [1.29, 1.82) is 0 Å². The second-order valence-corrected chi connectivity index (χ2v) is 3.71. The second kappa shape index (κ2) is 3.49. The molecule has 0 saturated heterocycles. The third-order valence-corrected chi connectivity index (χ3v) is 2.74. The Morgan fingerprint density at radius 1 is 1.70 bits per heavy atom. The van der Waals surface area contributed by atoms with Crippen molar-refractivity contribution in [3.05, 3.63) is 0 Å².